The summed E-state index contributed by atoms with van der Waals surface area (Å²) in [6.45, 7) is 8.37. The second kappa shape index (κ2) is 36.0. The molecule has 3 aromatic heterocycles. The van der Waals surface area contributed by atoms with Crippen LogP contribution in [0.1, 0.15) is 129 Å². The first-order valence-electron chi connectivity index (χ1n) is 37.7. The van der Waals surface area contributed by atoms with Crippen molar-refractivity contribution in [1.29, 1.82) is 0 Å². The van der Waals surface area contributed by atoms with Crippen LogP contribution in [-0.4, -0.2) is 220 Å². The molecule has 34 nitrogen and oxygen atoms in total. The van der Waals surface area contributed by atoms with Gasteiger partial charge in [-0.05, 0) is 152 Å². The van der Waals surface area contributed by atoms with E-state index in [1.54, 1.807) is 44.3 Å². The average Bonchev–Trinajstić information content (AvgIpc) is 0.841. The number of carboxylic acid groups (broad SMARTS) is 1. The number of nitrogens with zero attached hydrogens (tertiary/aromatic N) is 8. The number of nitrogens with two attached hydrogens (primary N) is 1. The van der Waals surface area contributed by atoms with Crippen LogP contribution in [0, 0.1) is 35.5 Å². The van der Waals surface area contributed by atoms with Gasteiger partial charge >= 0.3 is 18.1 Å². The molecule has 3 saturated carbocycles. The molecule has 5 heterocycles. The Morgan fingerprint density at radius 1 is 0.807 bits per heavy atom. The molecule has 11 rings (SSSR count). The Labute approximate surface area is 663 Å². The Morgan fingerprint density at radius 3 is 2.25 bits per heavy atom. The van der Waals surface area contributed by atoms with Gasteiger partial charge in [0.15, 0.2) is 10.8 Å². The fourth-order valence-corrected chi connectivity index (χ4v) is 18.5. The van der Waals surface area contributed by atoms with E-state index >= 15 is 0 Å². The molecule has 3 aromatic carbocycles. The first-order chi connectivity index (χ1) is 54.0. The number of nitrogens with one attached hydrogen (secondary N) is 5. The van der Waals surface area contributed by atoms with E-state index < -0.39 is 135 Å². The highest BCUT2D eigenvalue weighted by atomic mass is 32.2. The molecule has 0 saturated heterocycles. The number of urea groups is 1. The summed E-state index contributed by atoms with van der Waals surface area (Å²) < 4.78 is 86.6. The highest BCUT2D eigenvalue weighted by molar-refractivity contribution is 7.86. The highest BCUT2D eigenvalue weighted by Crippen LogP contribution is 2.68. The monoisotopic (exact) mass is 1630 g/mol. The van der Waals surface area contributed by atoms with Crippen LogP contribution in [0.4, 0.5) is 26.2 Å². The van der Waals surface area contributed by atoms with Crippen molar-refractivity contribution in [3.8, 4) is 11.1 Å². The molecule has 37 heteroatoms. The Balaban J connectivity index is 0.702. The lowest BCUT2D eigenvalue weighted by atomic mass is 9.42. The molecule has 3 aliphatic carbocycles. The van der Waals surface area contributed by atoms with Crippen molar-refractivity contribution in [3.63, 3.8) is 0 Å². The summed E-state index contributed by atoms with van der Waals surface area (Å²) in [7, 11) is -8.91. The van der Waals surface area contributed by atoms with Crippen molar-refractivity contribution in [2.24, 2.45) is 34.3 Å². The van der Waals surface area contributed by atoms with E-state index in [-0.39, 0.29) is 92.9 Å². The number of hydrogen-bond donors (Lipinski definition) is 9. The molecular formula is C77H96N14O20S3. The van der Waals surface area contributed by atoms with Crippen LogP contribution >= 0.6 is 11.3 Å². The first-order valence-corrected chi connectivity index (χ1v) is 41.8. The van der Waals surface area contributed by atoms with E-state index in [0.717, 1.165) is 81.1 Å². The standard InChI is InChI=1S/C77H96N14O20S3/c1-47(2)66(85-62(92)25-29-87(30-33-109-35-37-114(106,107)108)65(95)41-90-63(93)21-22-64(90)94)70(98)82-59(13-9-27-79-72(78)101)69(97)81-52-17-15-50(16-18-52)42-110-74(102)88(32-36-113(103,104)105)31-34-111-77-38-48(3)57-23-26-75(5,44-77)43-76(57,45-77)46-91-49(4)55(39-80-91)53-19-20-61(84-67(53)71(99)100)89-28-24-51-10-8-11-54(56(51)40-89)68(96)86-73-83-58-12-6-7-14-60(58)112-73/h6-8,10-12,14-22,39,47-48,57,59,66H,9,13,23-38,40-46H2,1-5H3,(H,81,97)(H,82,98)(H,85,92)(H,99,100)(H3,78,79,101)(H,83,86,96)(H,103,104,105)(H,106,107,108)/t48?,57?,59-,66-,75?,76?,77?/m0/s1. The summed E-state index contributed by atoms with van der Waals surface area (Å²) in [5.41, 5.74) is 9.64. The SMILES string of the molecule is Cc1c(-c2ccc(N3CCc4cccc(C(=O)Nc5nc6ccccc6s5)c4C3)nc2C(=O)O)cnn1CC12CC3(C)CCC1C(C)CC(OCCN(CCS(=O)(=O)O)C(=O)OCc1ccc(NC(=O)[C@H](CCCNC(N)=O)NC(=O)[C@@H](NC(=O)CCN(CCOCCS(=O)(=O)O)C(=O)CN4C(=O)C=CC4=O)C(C)C)cc1)(C3)C2. The maximum atomic E-state index is 14.0. The van der Waals surface area contributed by atoms with Gasteiger partial charge in [-0.25, -0.2) is 24.4 Å². The summed E-state index contributed by atoms with van der Waals surface area (Å²) in [6.07, 6.45) is 8.04. The number of carbonyl (C=O) groups is 10. The van der Waals surface area contributed by atoms with Gasteiger partial charge < -0.3 is 61.0 Å². The molecule has 2 aliphatic heterocycles. The molecule has 7 atom stereocenters. The lowest BCUT2D eigenvalue weighted by Crippen LogP contribution is -2.63. The number of aromatic nitrogens is 4. The molecule has 5 unspecified atom stereocenters. The Bertz CT molecular complexity index is 4870. The average molecular weight is 1630 g/mol. The second-order valence-corrected chi connectivity index (χ2v) is 34.9. The molecule has 0 spiro atoms. The van der Waals surface area contributed by atoms with Gasteiger partial charge in [0.05, 0.1) is 53.3 Å². The van der Waals surface area contributed by atoms with Gasteiger partial charge in [0.25, 0.3) is 38.0 Å². The number of para-hydroxylation sites is 1. The van der Waals surface area contributed by atoms with Crippen molar-refractivity contribution >= 4 is 118 Å². The third-order valence-corrected chi connectivity index (χ3v) is 24.3. The smallest absolute Gasteiger partial charge is 0.410 e. The molecule has 0 radical (unpaired) electrons. The Kier molecular flexibility index (Phi) is 26.7. The molecule has 5 aliphatic rings. The van der Waals surface area contributed by atoms with Gasteiger partial charge in [0.1, 0.15) is 31.1 Å². The third kappa shape index (κ3) is 21.4. The van der Waals surface area contributed by atoms with Crippen LogP contribution in [0.5, 0.6) is 0 Å². The van der Waals surface area contributed by atoms with Crippen molar-refractivity contribution < 1.29 is 93.2 Å². The van der Waals surface area contributed by atoms with Crippen molar-refractivity contribution in [1.82, 2.24) is 50.4 Å². The number of ether oxygens (including phenoxy) is 3. The fraction of sp³-hybridized carbons (Fsp3) is 0.494. The minimum Gasteiger partial charge on any atom is -0.476 e. The van der Waals surface area contributed by atoms with Crippen LogP contribution in [0.2, 0.25) is 0 Å². The zero-order valence-electron chi connectivity index (χ0n) is 64.0. The van der Waals surface area contributed by atoms with E-state index in [1.807, 2.05) is 59.0 Å². The van der Waals surface area contributed by atoms with E-state index in [0.29, 0.717) is 76.5 Å². The topological polar surface area (TPSA) is 470 Å². The number of primary amides is 1. The number of carboxylic acids is 1. The lowest BCUT2D eigenvalue weighted by molar-refractivity contribution is -0.228. The van der Waals surface area contributed by atoms with E-state index in [4.69, 9.17) is 34.6 Å². The molecule has 3 fully saturated rings. The van der Waals surface area contributed by atoms with Crippen molar-refractivity contribution in [2.45, 2.75) is 136 Å². The lowest BCUT2D eigenvalue weighted by Gasteiger charge is -2.66. The quantitative estimate of drug-likeness (QED) is 0.0117. The molecule has 3 bridgehead atoms. The summed E-state index contributed by atoms with van der Waals surface area (Å²) in [5.74, 6) is -7.08. The molecular weight excluding hydrogens is 1540 g/mol. The molecule has 10 amide bonds. The van der Waals surface area contributed by atoms with Crippen LogP contribution < -0.4 is 37.2 Å². The molecule has 6 aromatic rings. The van der Waals surface area contributed by atoms with Crippen molar-refractivity contribution in [3.05, 3.63) is 131 Å². The predicted octanol–water partition coefficient (Wildman–Crippen LogP) is 6.35. The van der Waals surface area contributed by atoms with Gasteiger partial charge in [-0.15, -0.1) is 0 Å². The van der Waals surface area contributed by atoms with Crippen LogP contribution in [0.3, 0.4) is 0 Å². The minimum absolute atomic E-state index is 0.00608. The largest absolute Gasteiger partial charge is 0.476 e. The summed E-state index contributed by atoms with van der Waals surface area (Å²) in [5, 5.41) is 29.7. The number of carbonyl (C=O) groups excluding carboxylic acids is 9. The van der Waals surface area contributed by atoms with Crippen molar-refractivity contribution in [2.75, 3.05) is 92.7 Å². The zero-order chi connectivity index (χ0) is 82.0. The Hall–Kier alpha value is -10.3. The third-order valence-electron chi connectivity index (χ3n) is 22.0. The number of anilines is 3. The number of aromatic carboxylic acids is 1. The van der Waals surface area contributed by atoms with E-state index in [9.17, 15) is 74.4 Å². The number of amides is 10. The highest BCUT2D eigenvalue weighted by Gasteiger charge is 2.64. The zero-order valence-corrected chi connectivity index (χ0v) is 66.4. The van der Waals surface area contributed by atoms with E-state index in [2.05, 4.69) is 45.4 Å². The van der Waals surface area contributed by atoms with Gasteiger partial charge in [-0.1, -0.05) is 75.4 Å². The Morgan fingerprint density at radius 2 is 1.54 bits per heavy atom. The number of pyridine rings is 1. The molecule has 10 N–H and O–H groups in total. The van der Waals surface area contributed by atoms with Crippen LogP contribution in [-0.2, 0) is 89.3 Å². The van der Waals surface area contributed by atoms with Gasteiger partial charge in [0, 0.05) is 99.0 Å². The van der Waals surface area contributed by atoms with Gasteiger partial charge in [-0.3, -0.25) is 57.6 Å². The maximum absolute atomic E-state index is 14.0. The number of rotatable bonds is 37. The normalized spacial score (nSPS) is 20.2. The summed E-state index contributed by atoms with van der Waals surface area (Å²) >= 11 is 1.39. The van der Waals surface area contributed by atoms with Gasteiger partial charge in [0.2, 0.25) is 23.6 Å². The second-order valence-electron chi connectivity index (χ2n) is 30.7. The summed E-state index contributed by atoms with van der Waals surface area (Å²) in [6, 6.07) is 19.7. The number of benzene rings is 3. The van der Waals surface area contributed by atoms with E-state index in [1.165, 1.54) is 23.5 Å². The molecule has 114 heavy (non-hydrogen) atoms. The number of imide groups is 1. The maximum Gasteiger partial charge on any atom is 0.410 e. The van der Waals surface area contributed by atoms with Crippen LogP contribution in [0.15, 0.2) is 97.2 Å². The summed E-state index contributed by atoms with van der Waals surface area (Å²) in [4.78, 5) is 146. The first kappa shape index (κ1) is 84.6. The van der Waals surface area contributed by atoms with Crippen LogP contribution in [0.25, 0.3) is 21.3 Å². The fourth-order valence-electron chi connectivity index (χ4n) is 16.8. The minimum atomic E-state index is -4.56. The number of fused-ring (bicyclic) bond motifs is 4. The predicted molar refractivity (Wildman–Crippen MR) is 419 cm³/mol. The number of thiazole rings is 1. The number of hydrogen-bond acceptors (Lipinski definition) is 22. The molecule has 612 valence electrons. The van der Waals surface area contributed by atoms with Gasteiger partial charge in [-0.2, -0.15) is 21.9 Å².